The quantitative estimate of drug-likeness (QED) is 0.782. The fraction of sp³-hybridized carbons (Fsp3) is 0.471. The maximum absolute atomic E-state index is 12.5. The van der Waals surface area contributed by atoms with E-state index in [9.17, 15) is 4.79 Å². The van der Waals surface area contributed by atoms with Gasteiger partial charge in [-0.15, -0.1) is 10.2 Å². The number of carbonyl (C=O) groups is 1. The number of amides is 1. The zero-order valence-corrected chi connectivity index (χ0v) is 15.4. The summed E-state index contributed by atoms with van der Waals surface area (Å²) in [5.74, 6) is 0.508. The molecule has 8 heteroatoms. The number of rotatable bonds is 6. The highest BCUT2D eigenvalue weighted by atomic mass is 32.2. The Bertz CT molecular complexity index is 746. The van der Waals surface area contributed by atoms with Crippen LogP contribution in [0.3, 0.4) is 0 Å². The molecule has 1 saturated heterocycles. The molecule has 0 saturated carbocycles. The first-order chi connectivity index (χ1) is 12.3. The van der Waals surface area contributed by atoms with Crippen LogP contribution in [0.25, 0.3) is 0 Å². The lowest BCUT2D eigenvalue weighted by molar-refractivity contribution is -0.116. The van der Waals surface area contributed by atoms with Gasteiger partial charge in [0.1, 0.15) is 0 Å². The van der Waals surface area contributed by atoms with Gasteiger partial charge in [0.15, 0.2) is 4.34 Å². The first-order valence-corrected chi connectivity index (χ1v) is 10.3. The fourth-order valence-electron chi connectivity index (χ4n) is 3.14. The molecular weight excluding hydrogens is 356 g/mol. The van der Waals surface area contributed by atoms with Gasteiger partial charge in [-0.3, -0.25) is 4.79 Å². The van der Waals surface area contributed by atoms with Gasteiger partial charge in [-0.1, -0.05) is 41.3 Å². The second kappa shape index (κ2) is 7.72. The van der Waals surface area contributed by atoms with Crippen LogP contribution in [-0.4, -0.2) is 47.7 Å². The van der Waals surface area contributed by atoms with Gasteiger partial charge in [0.2, 0.25) is 11.0 Å². The zero-order valence-electron chi connectivity index (χ0n) is 13.8. The van der Waals surface area contributed by atoms with Crippen molar-refractivity contribution in [2.24, 2.45) is 0 Å². The molecule has 1 aromatic carbocycles. The molecule has 0 radical (unpaired) electrons. The van der Waals surface area contributed by atoms with Crippen molar-refractivity contribution in [3.05, 3.63) is 29.8 Å². The Hall–Kier alpha value is -1.64. The number of nitrogens with one attached hydrogen (secondary N) is 1. The number of fused-ring (bicyclic) bond motifs is 1. The first kappa shape index (κ1) is 16.8. The highest BCUT2D eigenvalue weighted by Crippen LogP contribution is 2.30. The van der Waals surface area contributed by atoms with E-state index >= 15 is 0 Å². The Morgan fingerprint density at radius 3 is 3.20 bits per heavy atom. The van der Waals surface area contributed by atoms with E-state index in [2.05, 4.69) is 21.6 Å². The van der Waals surface area contributed by atoms with Gasteiger partial charge in [-0.25, -0.2) is 0 Å². The van der Waals surface area contributed by atoms with E-state index in [4.69, 9.17) is 4.74 Å². The largest absolute Gasteiger partial charge is 0.376 e. The van der Waals surface area contributed by atoms with Crippen molar-refractivity contribution in [2.75, 3.05) is 35.7 Å². The number of para-hydroxylation sites is 1. The van der Waals surface area contributed by atoms with Crippen molar-refractivity contribution in [3.8, 4) is 0 Å². The lowest BCUT2D eigenvalue weighted by Crippen LogP contribution is -2.30. The molecule has 1 aromatic heterocycles. The number of hydrogen-bond donors (Lipinski definition) is 1. The predicted molar refractivity (Wildman–Crippen MR) is 101 cm³/mol. The van der Waals surface area contributed by atoms with Gasteiger partial charge in [0.05, 0.1) is 11.9 Å². The molecule has 0 spiro atoms. The van der Waals surface area contributed by atoms with Crippen LogP contribution < -0.4 is 10.2 Å². The number of carbonyl (C=O) groups excluding carboxylic acids is 1. The predicted octanol–water partition coefficient (Wildman–Crippen LogP) is 2.81. The van der Waals surface area contributed by atoms with Crippen molar-refractivity contribution in [1.82, 2.24) is 10.2 Å². The van der Waals surface area contributed by atoms with Gasteiger partial charge >= 0.3 is 0 Å². The molecule has 1 amide bonds. The topological polar surface area (TPSA) is 67.3 Å². The maximum Gasteiger partial charge on any atom is 0.237 e. The summed E-state index contributed by atoms with van der Waals surface area (Å²) in [7, 11) is 0. The average Bonchev–Trinajstić information content (AvgIpc) is 3.38. The summed E-state index contributed by atoms with van der Waals surface area (Å²) in [6.45, 7) is 2.39. The average molecular weight is 377 g/mol. The number of ether oxygens (including phenoxy) is 1. The number of nitrogens with zero attached hydrogens (tertiary/aromatic N) is 3. The second-order valence-corrected chi connectivity index (χ2v) is 8.30. The van der Waals surface area contributed by atoms with E-state index in [1.807, 2.05) is 23.1 Å². The first-order valence-electron chi connectivity index (χ1n) is 8.49. The smallest absolute Gasteiger partial charge is 0.237 e. The van der Waals surface area contributed by atoms with Crippen molar-refractivity contribution < 1.29 is 9.53 Å². The highest BCUT2D eigenvalue weighted by molar-refractivity contribution is 8.01. The van der Waals surface area contributed by atoms with Crippen LogP contribution in [0.15, 0.2) is 28.6 Å². The molecule has 2 aliphatic rings. The Labute approximate surface area is 155 Å². The maximum atomic E-state index is 12.5. The van der Waals surface area contributed by atoms with E-state index in [0.717, 1.165) is 54.1 Å². The molecule has 2 aliphatic heterocycles. The minimum absolute atomic E-state index is 0.124. The molecule has 2 aromatic rings. The molecule has 4 rings (SSSR count). The van der Waals surface area contributed by atoms with Gasteiger partial charge in [0, 0.05) is 25.4 Å². The van der Waals surface area contributed by atoms with E-state index in [1.165, 1.54) is 28.7 Å². The molecule has 25 heavy (non-hydrogen) atoms. The normalized spacial score (nSPS) is 19.2. The zero-order chi connectivity index (χ0) is 17.1. The Morgan fingerprint density at radius 2 is 2.32 bits per heavy atom. The van der Waals surface area contributed by atoms with Crippen LogP contribution in [0.2, 0.25) is 0 Å². The van der Waals surface area contributed by atoms with Gasteiger partial charge in [-0.2, -0.15) is 0 Å². The molecule has 6 nitrogen and oxygen atoms in total. The van der Waals surface area contributed by atoms with Gasteiger partial charge in [0.25, 0.3) is 0 Å². The molecule has 0 bridgehead atoms. The monoisotopic (exact) mass is 376 g/mol. The lowest BCUT2D eigenvalue weighted by Gasteiger charge is -2.16. The molecule has 1 atom stereocenters. The third-order valence-corrected chi connectivity index (χ3v) is 6.42. The minimum Gasteiger partial charge on any atom is -0.376 e. The van der Waals surface area contributed by atoms with Crippen LogP contribution >= 0.6 is 23.1 Å². The molecule has 1 fully saturated rings. The highest BCUT2D eigenvalue weighted by Gasteiger charge is 2.24. The van der Waals surface area contributed by atoms with Crippen LogP contribution in [0.1, 0.15) is 18.4 Å². The Morgan fingerprint density at radius 1 is 1.40 bits per heavy atom. The summed E-state index contributed by atoms with van der Waals surface area (Å²) in [6, 6.07) is 8.11. The summed E-state index contributed by atoms with van der Waals surface area (Å²) in [5.41, 5.74) is 2.29. The summed E-state index contributed by atoms with van der Waals surface area (Å²) in [4.78, 5) is 14.4. The summed E-state index contributed by atoms with van der Waals surface area (Å²) < 4.78 is 6.40. The molecule has 1 unspecified atom stereocenters. The van der Waals surface area contributed by atoms with Crippen molar-refractivity contribution >= 4 is 39.8 Å². The second-order valence-electron chi connectivity index (χ2n) is 6.10. The summed E-state index contributed by atoms with van der Waals surface area (Å²) in [5, 5.41) is 12.4. The SMILES string of the molecule is O=C(CSc1nnc(NCC2CCCO2)s1)N1CCc2ccccc21. The van der Waals surface area contributed by atoms with Crippen LogP contribution in [0.4, 0.5) is 10.8 Å². The summed E-state index contributed by atoms with van der Waals surface area (Å²) >= 11 is 2.94. The van der Waals surface area contributed by atoms with Crippen molar-refractivity contribution in [3.63, 3.8) is 0 Å². The van der Waals surface area contributed by atoms with Crippen LogP contribution in [-0.2, 0) is 16.0 Å². The van der Waals surface area contributed by atoms with Gasteiger partial charge < -0.3 is 15.0 Å². The molecule has 132 valence electrons. The van der Waals surface area contributed by atoms with E-state index in [1.54, 1.807) is 0 Å². The lowest BCUT2D eigenvalue weighted by atomic mass is 10.2. The number of benzene rings is 1. The number of thioether (sulfide) groups is 1. The Balaban J connectivity index is 1.28. The Kier molecular flexibility index (Phi) is 5.19. The summed E-state index contributed by atoms with van der Waals surface area (Å²) in [6.07, 6.45) is 3.43. The van der Waals surface area contributed by atoms with E-state index in [-0.39, 0.29) is 12.0 Å². The molecule has 0 aliphatic carbocycles. The van der Waals surface area contributed by atoms with E-state index in [0.29, 0.717) is 5.75 Å². The standard InChI is InChI=1S/C17H20N4O2S2/c22-15(21-8-7-12-4-1-2-6-14(12)21)11-24-17-20-19-16(25-17)18-10-13-5-3-9-23-13/h1-2,4,6,13H,3,5,7-11H2,(H,18,19). The number of hydrogen-bond acceptors (Lipinski definition) is 7. The minimum atomic E-state index is 0.124. The fourth-order valence-corrected chi connectivity index (χ4v) is 4.78. The van der Waals surface area contributed by atoms with Crippen molar-refractivity contribution in [2.45, 2.75) is 29.7 Å². The van der Waals surface area contributed by atoms with Crippen LogP contribution in [0, 0.1) is 0 Å². The van der Waals surface area contributed by atoms with Crippen LogP contribution in [0.5, 0.6) is 0 Å². The molecular formula is C17H20N4O2S2. The molecule has 1 N–H and O–H groups in total. The number of aromatic nitrogens is 2. The van der Waals surface area contributed by atoms with E-state index < -0.39 is 0 Å². The van der Waals surface area contributed by atoms with Crippen molar-refractivity contribution in [1.29, 1.82) is 0 Å². The van der Waals surface area contributed by atoms with Gasteiger partial charge in [-0.05, 0) is 30.9 Å². The third-order valence-electron chi connectivity index (χ3n) is 4.42. The number of anilines is 2. The third kappa shape index (κ3) is 3.96. The molecule has 3 heterocycles.